The molecule has 2 heterocycles. The normalized spacial score (nSPS) is 21.0. The summed E-state index contributed by atoms with van der Waals surface area (Å²) in [5, 5.41) is 7.57. The second-order valence-electron chi connectivity index (χ2n) is 6.76. The highest BCUT2D eigenvalue weighted by Gasteiger charge is 2.23. The fraction of sp³-hybridized carbons (Fsp3) is 0.526. The first-order chi connectivity index (χ1) is 11.1. The SMILES string of the molecule is CC(NC(=O)CC(C)C1CCCNC1)c1cc2ccccc2o1. The average Bonchev–Trinajstić information content (AvgIpc) is 2.99. The van der Waals surface area contributed by atoms with Gasteiger partial charge in [-0.2, -0.15) is 0 Å². The second kappa shape index (κ2) is 7.18. The van der Waals surface area contributed by atoms with Crippen LogP contribution in [-0.2, 0) is 4.79 Å². The summed E-state index contributed by atoms with van der Waals surface area (Å²) in [7, 11) is 0. The number of piperidine rings is 1. The van der Waals surface area contributed by atoms with Gasteiger partial charge in [-0.15, -0.1) is 0 Å². The van der Waals surface area contributed by atoms with Crippen LogP contribution in [0.15, 0.2) is 34.7 Å². The Morgan fingerprint density at radius 3 is 2.96 bits per heavy atom. The van der Waals surface area contributed by atoms with Gasteiger partial charge in [0.05, 0.1) is 6.04 Å². The number of hydrogen-bond donors (Lipinski definition) is 2. The van der Waals surface area contributed by atoms with E-state index in [1.807, 2.05) is 37.3 Å². The number of hydrogen-bond acceptors (Lipinski definition) is 3. The Morgan fingerprint density at radius 2 is 2.22 bits per heavy atom. The molecule has 0 radical (unpaired) electrons. The summed E-state index contributed by atoms with van der Waals surface area (Å²) in [4.78, 5) is 12.3. The molecule has 4 nitrogen and oxygen atoms in total. The third kappa shape index (κ3) is 3.94. The van der Waals surface area contributed by atoms with Crippen LogP contribution in [0.1, 0.15) is 44.9 Å². The first-order valence-corrected chi connectivity index (χ1v) is 8.62. The van der Waals surface area contributed by atoms with Gasteiger partial charge in [0.2, 0.25) is 5.91 Å². The quantitative estimate of drug-likeness (QED) is 0.886. The molecule has 3 rings (SSSR count). The first-order valence-electron chi connectivity index (χ1n) is 8.62. The van der Waals surface area contributed by atoms with Crippen LogP contribution in [0.3, 0.4) is 0 Å². The summed E-state index contributed by atoms with van der Waals surface area (Å²) in [6.07, 6.45) is 3.02. The summed E-state index contributed by atoms with van der Waals surface area (Å²) in [6.45, 7) is 6.30. The van der Waals surface area contributed by atoms with Crippen molar-refractivity contribution < 1.29 is 9.21 Å². The lowest BCUT2D eigenvalue weighted by molar-refractivity contribution is -0.123. The van der Waals surface area contributed by atoms with Crippen LogP contribution >= 0.6 is 0 Å². The lowest BCUT2D eigenvalue weighted by Crippen LogP contribution is -2.36. The first kappa shape index (κ1) is 16.1. The largest absolute Gasteiger partial charge is 0.459 e. The Labute approximate surface area is 137 Å². The predicted octanol–water partition coefficient (Wildman–Crippen LogP) is 3.64. The molecule has 1 aromatic heterocycles. The van der Waals surface area contributed by atoms with Gasteiger partial charge in [-0.1, -0.05) is 25.1 Å². The molecule has 3 atom stereocenters. The van der Waals surface area contributed by atoms with E-state index in [0.29, 0.717) is 18.3 Å². The molecule has 1 aromatic carbocycles. The number of nitrogens with one attached hydrogen (secondary N) is 2. The van der Waals surface area contributed by atoms with Crippen LogP contribution < -0.4 is 10.6 Å². The van der Waals surface area contributed by atoms with E-state index in [9.17, 15) is 4.79 Å². The Morgan fingerprint density at radius 1 is 1.39 bits per heavy atom. The van der Waals surface area contributed by atoms with Gasteiger partial charge in [-0.3, -0.25) is 4.79 Å². The summed E-state index contributed by atoms with van der Waals surface area (Å²) < 4.78 is 5.83. The minimum absolute atomic E-state index is 0.105. The molecule has 2 aromatic rings. The van der Waals surface area contributed by atoms with E-state index in [1.54, 1.807) is 0 Å². The number of furan rings is 1. The van der Waals surface area contributed by atoms with Crippen molar-refractivity contribution in [2.75, 3.05) is 13.1 Å². The van der Waals surface area contributed by atoms with Gasteiger partial charge < -0.3 is 15.1 Å². The number of rotatable bonds is 5. The Hall–Kier alpha value is -1.81. The molecular weight excluding hydrogens is 288 g/mol. The third-order valence-electron chi connectivity index (χ3n) is 4.90. The van der Waals surface area contributed by atoms with Crippen molar-refractivity contribution in [2.45, 2.75) is 39.2 Å². The number of para-hydroxylation sites is 1. The lowest BCUT2D eigenvalue weighted by Gasteiger charge is -2.28. The van der Waals surface area contributed by atoms with Crippen LogP contribution in [0.4, 0.5) is 0 Å². The Balaban J connectivity index is 1.56. The van der Waals surface area contributed by atoms with E-state index < -0.39 is 0 Å². The van der Waals surface area contributed by atoms with E-state index in [2.05, 4.69) is 17.6 Å². The van der Waals surface area contributed by atoms with E-state index in [-0.39, 0.29) is 11.9 Å². The van der Waals surface area contributed by atoms with E-state index in [1.165, 1.54) is 12.8 Å². The number of carbonyl (C=O) groups is 1. The van der Waals surface area contributed by atoms with Crippen molar-refractivity contribution in [2.24, 2.45) is 11.8 Å². The van der Waals surface area contributed by atoms with Gasteiger partial charge in [0.15, 0.2) is 0 Å². The van der Waals surface area contributed by atoms with Crippen molar-refractivity contribution in [1.29, 1.82) is 0 Å². The molecular formula is C19H26N2O2. The summed E-state index contributed by atoms with van der Waals surface area (Å²) >= 11 is 0. The monoisotopic (exact) mass is 314 g/mol. The highest BCUT2D eigenvalue weighted by atomic mass is 16.3. The molecule has 0 bridgehead atoms. The van der Waals surface area contributed by atoms with Gasteiger partial charge in [-0.25, -0.2) is 0 Å². The van der Waals surface area contributed by atoms with Gasteiger partial charge in [-0.05, 0) is 56.8 Å². The van der Waals surface area contributed by atoms with Gasteiger partial charge >= 0.3 is 0 Å². The van der Waals surface area contributed by atoms with Crippen molar-refractivity contribution in [3.8, 4) is 0 Å². The van der Waals surface area contributed by atoms with Crippen molar-refractivity contribution in [3.05, 3.63) is 36.1 Å². The lowest BCUT2D eigenvalue weighted by atomic mass is 9.85. The highest BCUT2D eigenvalue weighted by Crippen LogP contribution is 2.25. The van der Waals surface area contributed by atoms with Crippen LogP contribution in [0.25, 0.3) is 11.0 Å². The molecule has 0 saturated carbocycles. The second-order valence-corrected chi connectivity index (χ2v) is 6.76. The number of fused-ring (bicyclic) bond motifs is 1. The average molecular weight is 314 g/mol. The maximum atomic E-state index is 12.3. The fourth-order valence-electron chi connectivity index (χ4n) is 3.41. The summed E-state index contributed by atoms with van der Waals surface area (Å²) in [6, 6.07) is 9.82. The third-order valence-corrected chi connectivity index (χ3v) is 4.90. The zero-order valence-corrected chi connectivity index (χ0v) is 14.0. The minimum atomic E-state index is -0.105. The number of benzene rings is 1. The van der Waals surface area contributed by atoms with Crippen LogP contribution in [0.2, 0.25) is 0 Å². The summed E-state index contributed by atoms with van der Waals surface area (Å²) in [5.74, 6) is 1.93. The van der Waals surface area contributed by atoms with E-state index in [0.717, 1.165) is 29.8 Å². The topological polar surface area (TPSA) is 54.3 Å². The van der Waals surface area contributed by atoms with Crippen molar-refractivity contribution in [1.82, 2.24) is 10.6 Å². The smallest absolute Gasteiger partial charge is 0.220 e. The maximum absolute atomic E-state index is 12.3. The van der Waals surface area contributed by atoms with Crippen molar-refractivity contribution >= 4 is 16.9 Å². The van der Waals surface area contributed by atoms with Crippen LogP contribution in [0, 0.1) is 11.8 Å². The van der Waals surface area contributed by atoms with E-state index in [4.69, 9.17) is 4.42 Å². The predicted molar refractivity (Wildman–Crippen MR) is 92.1 cm³/mol. The molecule has 2 N–H and O–H groups in total. The Kier molecular flexibility index (Phi) is 5.01. The number of carbonyl (C=O) groups excluding carboxylic acids is 1. The fourth-order valence-corrected chi connectivity index (χ4v) is 3.41. The van der Waals surface area contributed by atoms with Gasteiger partial charge in [0.1, 0.15) is 11.3 Å². The minimum Gasteiger partial charge on any atom is -0.459 e. The van der Waals surface area contributed by atoms with E-state index >= 15 is 0 Å². The zero-order valence-electron chi connectivity index (χ0n) is 14.0. The highest BCUT2D eigenvalue weighted by molar-refractivity contribution is 5.79. The molecule has 0 spiro atoms. The number of amides is 1. The molecule has 124 valence electrons. The molecule has 1 aliphatic heterocycles. The molecule has 1 fully saturated rings. The molecule has 3 unspecified atom stereocenters. The van der Waals surface area contributed by atoms with Crippen LogP contribution in [-0.4, -0.2) is 19.0 Å². The zero-order chi connectivity index (χ0) is 16.2. The molecule has 23 heavy (non-hydrogen) atoms. The Bertz CT molecular complexity index is 625. The maximum Gasteiger partial charge on any atom is 0.220 e. The molecule has 4 heteroatoms. The van der Waals surface area contributed by atoms with Crippen LogP contribution in [0.5, 0.6) is 0 Å². The van der Waals surface area contributed by atoms with Crippen molar-refractivity contribution in [3.63, 3.8) is 0 Å². The summed E-state index contributed by atoms with van der Waals surface area (Å²) in [5.41, 5.74) is 0.866. The molecule has 1 aliphatic rings. The molecule has 1 amide bonds. The van der Waals surface area contributed by atoms with Gasteiger partial charge in [0, 0.05) is 11.8 Å². The molecule has 1 saturated heterocycles. The molecule has 0 aliphatic carbocycles. The van der Waals surface area contributed by atoms with Gasteiger partial charge in [0.25, 0.3) is 0 Å². The standard InChI is InChI=1S/C19H26N2O2/c1-13(16-7-5-9-20-12-16)10-19(22)21-14(2)18-11-15-6-3-4-8-17(15)23-18/h3-4,6,8,11,13-14,16,20H,5,7,9-10,12H2,1-2H3,(H,21,22).